The predicted octanol–water partition coefficient (Wildman–Crippen LogP) is 5.37. The smallest absolute Gasteiger partial charge is 0.139 e. The summed E-state index contributed by atoms with van der Waals surface area (Å²) in [4.78, 5) is 19.1. The first-order valence-electron chi connectivity index (χ1n) is 10.1. The van der Waals surface area contributed by atoms with Crippen LogP contribution in [0.3, 0.4) is 0 Å². The zero-order valence-corrected chi connectivity index (χ0v) is 16.0. The highest BCUT2D eigenvalue weighted by Gasteiger charge is 2.16. The van der Waals surface area contributed by atoms with E-state index < -0.39 is 0 Å². The highest BCUT2D eigenvalue weighted by atomic mass is 15.1. The fraction of sp³-hybridized carbons (Fsp3) is 0.167. The number of benzene rings is 3. The molecule has 1 saturated heterocycles. The highest BCUT2D eigenvalue weighted by Crippen LogP contribution is 2.32. The van der Waals surface area contributed by atoms with Crippen molar-refractivity contribution in [3.05, 3.63) is 66.7 Å². The Morgan fingerprint density at radius 1 is 0.655 bits per heavy atom. The fourth-order valence-corrected chi connectivity index (χ4v) is 4.27. The Morgan fingerprint density at radius 3 is 2.00 bits per heavy atom. The van der Waals surface area contributed by atoms with Gasteiger partial charge in [0.15, 0.2) is 0 Å². The van der Waals surface area contributed by atoms with Gasteiger partial charge in [-0.1, -0.05) is 36.4 Å². The van der Waals surface area contributed by atoms with Crippen LogP contribution in [0.4, 0.5) is 5.69 Å². The van der Waals surface area contributed by atoms with E-state index in [1.54, 1.807) is 0 Å². The van der Waals surface area contributed by atoms with Crippen LogP contribution in [-0.4, -0.2) is 33.0 Å². The van der Waals surface area contributed by atoms with Gasteiger partial charge in [-0.15, -0.1) is 0 Å². The van der Waals surface area contributed by atoms with E-state index >= 15 is 0 Å². The van der Waals surface area contributed by atoms with E-state index in [4.69, 9.17) is 9.97 Å². The molecule has 0 aliphatic carbocycles. The van der Waals surface area contributed by atoms with E-state index in [0.717, 1.165) is 57.9 Å². The number of para-hydroxylation sites is 2. The van der Waals surface area contributed by atoms with E-state index in [1.165, 1.54) is 18.5 Å². The zero-order chi connectivity index (χ0) is 19.2. The monoisotopic (exact) mass is 379 g/mol. The van der Waals surface area contributed by atoms with Gasteiger partial charge in [0.25, 0.3) is 0 Å². The van der Waals surface area contributed by atoms with E-state index in [0.29, 0.717) is 0 Å². The molecular weight excluding hydrogens is 358 g/mol. The fourth-order valence-electron chi connectivity index (χ4n) is 4.27. The molecule has 0 radical (unpaired) electrons. The van der Waals surface area contributed by atoms with Crippen molar-refractivity contribution in [1.82, 2.24) is 19.9 Å². The van der Waals surface area contributed by atoms with Gasteiger partial charge < -0.3 is 14.9 Å². The number of anilines is 1. The molecule has 0 unspecified atom stereocenters. The molecule has 1 aliphatic heterocycles. The molecule has 0 atom stereocenters. The molecule has 0 spiro atoms. The molecule has 2 N–H and O–H groups in total. The van der Waals surface area contributed by atoms with Crippen LogP contribution in [0, 0.1) is 0 Å². The molecule has 1 aliphatic rings. The molecule has 0 saturated carbocycles. The molecule has 6 rings (SSSR count). The average molecular weight is 379 g/mol. The first-order valence-corrected chi connectivity index (χ1v) is 10.1. The molecule has 5 aromatic rings. The minimum atomic E-state index is 0.861. The Bertz CT molecular complexity index is 1290. The summed E-state index contributed by atoms with van der Waals surface area (Å²) in [5.41, 5.74) is 7.43. The van der Waals surface area contributed by atoms with Crippen molar-refractivity contribution in [3.63, 3.8) is 0 Å². The minimum absolute atomic E-state index is 0.861. The lowest BCUT2D eigenvalue weighted by atomic mass is 10.1. The molecule has 3 aromatic carbocycles. The third-order valence-electron chi connectivity index (χ3n) is 5.76. The second kappa shape index (κ2) is 6.48. The Kier molecular flexibility index (Phi) is 3.66. The van der Waals surface area contributed by atoms with Gasteiger partial charge in [-0.2, -0.15) is 0 Å². The molecule has 0 bridgehead atoms. The van der Waals surface area contributed by atoms with Gasteiger partial charge in [0.1, 0.15) is 11.6 Å². The Morgan fingerprint density at radius 2 is 1.28 bits per heavy atom. The van der Waals surface area contributed by atoms with Crippen LogP contribution in [0.15, 0.2) is 66.7 Å². The molecule has 142 valence electrons. The zero-order valence-electron chi connectivity index (χ0n) is 16.0. The minimum Gasteiger partial charge on any atom is -0.371 e. The number of imidazole rings is 2. The van der Waals surface area contributed by atoms with Crippen molar-refractivity contribution in [2.24, 2.45) is 0 Å². The summed E-state index contributed by atoms with van der Waals surface area (Å²) < 4.78 is 0. The van der Waals surface area contributed by atoms with Gasteiger partial charge in [-0.3, -0.25) is 0 Å². The van der Waals surface area contributed by atoms with Crippen molar-refractivity contribution in [1.29, 1.82) is 0 Å². The molecule has 2 aromatic heterocycles. The average Bonchev–Trinajstić information content (AvgIpc) is 3.52. The summed E-state index contributed by atoms with van der Waals surface area (Å²) in [5.74, 6) is 1.73. The lowest BCUT2D eigenvalue weighted by molar-refractivity contribution is 0.949. The Labute approximate surface area is 168 Å². The number of aromatic amines is 2. The van der Waals surface area contributed by atoms with Crippen molar-refractivity contribution in [2.75, 3.05) is 18.0 Å². The number of rotatable bonds is 3. The van der Waals surface area contributed by atoms with E-state index in [1.807, 2.05) is 30.3 Å². The number of H-pyrrole nitrogens is 2. The maximum Gasteiger partial charge on any atom is 0.139 e. The Hall–Kier alpha value is -3.60. The van der Waals surface area contributed by atoms with E-state index in [9.17, 15) is 0 Å². The third-order valence-corrected chi connectivity index (χ3v) is 5.76. The van der Waals surface area contributed by atoms with E-state index in [-0.39, 0.29) is 0 Å². The first kappa shape index (κ1) is 16.4. The van der Waals surface area contributed by atoms with Crippen molar-refractivity contribution in [2.45, 2.75) is 12.8 Å². The predicted molar refractivity (Wildman–Crippen MR) is 118 cm³/mol. The van der Waals surface area contributed by atoms with Crippen molar-refractivity contribution in [3.8, 4) is 22.8 Å². The maximum atomic E-state index is 4.88. The molecular formula is C24H21N5. The lowest BCUT2D eigenvalue weighted by Gasteiger charge is -2.17. The van der Waals surface area contributed by atoms with Crippen LogP contribution in [0.2, 0.25) is 0 Å². The molecule has 3 heterocycles. The summed E-state index contributed by atoms with van der Waals surface area (Å²) in [6.45, 7) is 2.28. The van der Waals surface area contributed by atoms with Crippen LogP contribution in [0.1, 0.15) is 12.8 Å². The van der Waals surface area contributed by atoms with Gasteiger partial charge in [-0.25, -0.2) is 9.97 Å². The quantitative estimate of drug-likeness (QED) is 0.443. The topological polar surface area (TPSA) is 60.6 Å². The van der Waals surface area contributed by atoms with Crippen LogP contribution in [0.5, 0.6) is 0 Å². The molecule has 5 nitrogen and oxygen atoms in total. The molecule has 1 fully saturated rings. The number of nitrogens with one attached hydrogen (secondary N) is 2. The summed E-state index contributed by atoms with van der Waals surface area (Å²) in [7, 11) is 0. The number of nitrogens with zero attached hydrogens (tertiary/aromatic N) is 3. The van der Waals surface area contributed by atoms with Crippen LogP contribution >= 0.6 is 0 Å². The number of aromatic nitrogens is 4. The number of hydrogen-bond donors (Lipinski definition) is 2. The lowest BCUT2D eigenvalue weighted by Crippen LogP contribution is -2.17. The SMILES string of the molecule is c1ccc(-c2nc3ccc(N4CCCC4)cc3[nH]2)c(-c2nc3ccccc3[nH]2)c1. The number of fused-ring (bicyclic) bond motifs is 2. The highest BCUT2D eigenvalue weighted by molar-refractivity contribution is 5.88. The van der Waals surface area contributed by atoms with Gasteiger partial charge in [-0.05, 0) is 43.2 Å². The molecule has 29 heavy (non-hydrogen) atoms. The van der Waals surface area contributed by atoms with Crippen LogP contribution in [-0.2, 0) is 0 Å². The largest absolute Gasteiger partial charge is 0.371 e. The standard InChI is InChI=1S/C24H21N5/c1-2-8-18(17(7-1)23-25-19-9-3-4-10-20(19)26-23)24-27-21-12-11-16(15-22(21)28-24)29-13-5-6-14-29/h1-4,7-12,15H,5-6,13-14H2,(H,25,26)(H,27,28). The van der Waals surface area contributed by atoms with Gasteiger partial charge >= 0.3 is 0 Å². The van der Waals surface area contributed by atoms with Gasteiger partial charge in [0, 0.05) is 29.9 Å². The summed E-state index contributed by atoms with van der Waals surface area (Å²) >= 11 is 0. The van der Waals surface area contributed by atoms with Crippen LogP contribution in [0.25, 0.3) is 44.8 Å². The second-order valence-corrected chi connectivity index (χ2v) is 7.63. The Balaban J connectivity index is 1.46. The summed E-state index contributed by atoms with van der Waals surface area (Å²) in [6, 6.07) is 22.9. The third kappa shape index (κ3) is 2.78. The van der Waals surface area contributed by atoms with Crippen molar-refractivity contribution >= 4 is 27.8 Å². The van der Waals surface area contributed by atoms with Gasteiger partial charge in [0.05, 0.1) is 22.1 Å². The number of hydrogen-bond acceptors (Lipinski definition) is 3. The van der Waals surface area contributed by atoms with Crippen LogP contribution < -0.4 is 4.90 Å². The molecule has 0 amide bonds. The first-order chi connectivity index (χ1) is 14.3. The normalized spacial score (nSPS) is 14.3. The van der Waals surface area contributed by atoms with Gasteiger partial charge in [0.2, 0.25) is 0 Å². The van der Waals surface area contributed by atoms with E-state index in [2.05, 4.69) is 51.3 Å². The maximum absolute atomic E-state index is 4.88. The second-order valence-electron chi connectivity index (χ2n) is 7.63. The van der Waals surface area contributed by atoms with Crippen molar-refractivity contribution < 1.29 is 0 Å². The molecule has 5 heteroatoms. The summed E-state index contributed by atoms with van der Waals surface area (Å²) in [6.07, 6.45) is 2.55. The summed E-state index contributed by atoms with van der Waals surface area (Å²) in [5, 5.41) is 0.